The van der Waals surface area contributed by atoms with Crippen molar-refractivity contribution in [3.8, 4) is 0 Å². The number of nitrogens with zero attached hydrogens (tertiary/aromatic N) is 1. The highest BCUT2D eigenvalue weighted by Gasteiger charge is 2.21. The van der Waals surface area contributed by atoms with Crippen molar-refractivity contribution in [2.75, 3.05) is 18.8 Å². The number of amides is 1. The lowest BCUT2D eigenvalue weighted by Crippen LogP contribution is -2.34. The van der Waals surface area contributed by atoms with Crippen molar-refractivity contribution in [1.29, 1.82) is 0 Å². The summed E-state index contributed by atoms with van der Waals surface area (Å²) < 4.78 is 32.3. The number of benzene rings is 2. The molecule has 0 aliphatic rings. The predicted octanol–water partition coefficient (Wildman–Crippen LogP) is 2.77. The Morgan fingerprint density at radius 3 is 2.11 bits per heavy atom. The summed E-state index contributed by atoms with van der Waals surface area (Å²) in [7, 11) is -0.711. The van der Waals surface area contributed by atoms with Gasteiger partial charge in [-0.3, -0.25) is 9.52 Å². The van der Waals surface area contributed by atoms with Gasteiger partial charge >= 0.3 is 5.97 Å². The number of carbonyl (C=O) groups excluding carboxylic acids is 2. The Hall–Kier alpha value is -2.58. The van der Waals surface area contributed by atoms with Crippen molar-refractivity contribution in [3.05, 3.63) is 59.1 Å². The van der Waals surface area contributed by atoms with E-state index in [9.17, 15) is 18.0 Å². The molecule has 1 atom stereocenters. The second kappa shape index (κ2) is 8.41. The molecule has 2 aromatic carbocycles. The maximum atomic E-state index is 12.4. The van der Waals surface area contributed by atoms with E-state index in [4.69, 9.17) is 16.3 Å². The van der Waals surface area contributed by atoms with Gasteiger partial charge in [0, 0.05) is 24.8 Å². The molecule has 0 heterocycles. The number of hydrogen-bond donors (Lipinski definition) is 1. The standard InChI is InChI=1S/C18H19ClN2O5S/c1-12(17(22)21(2)3)26-18(23)13-4-10-16(11-5-13)27(24,25)20-15-8-6-14(19)7-9-15/h4-12,20H,1-3H3/t12-/m1/s1. The summed E-state index contributed by atoms with van der Waals surface area (Å²) in [6.07, 6.45) is -0.942. The van der Waals surface area contributed by atoms with Crippen molar-refractivity contribution in [2.45, 2.75) is 17.9 Å². The normalized spacial score (nSPS) is 12.1. The van der Waals surface area contributed by atoms with Gasteiger partial charge in [0.25, 0.3) is 15.9 Å². The van der Waals surface area contributed by atoms with Gasteiger partial charge < -0.3 is 9.64 Å². The van der Waals surface area contributed by atoms with E-state index >= 15 is 0 Å². The molecule has 0 unspecified atom stereocenters. The van der Waals surface area contributed by atoms with E-state index in [1.54, 1.807) is 26.2 Å². The van der Waals surface area contributed by atoms with Crippen LogP contribution in [0.15, 0.2) is 53.4 Å². The first-order valence-electron chi connectivity index (χ1n) is 7.91. The van der Waals surface area contributed by atoms with Crippen LogP contribution in [-0.4, -0.2) is 45.4 Å². The zero-order valence-electron chi connectivity index (χ0n) is 15.0. The molecule has 0 radical (unpaired) electrons. The fourth-order valence-electron chi connectivity index (χ4n) is 2.14. The molecule has 9 heteroatoms. The van der Waals surface area contributed by atoms with E-state index in [1.807, 2.05) is 0 Å². The van der Waals surface area contributed by atoms with Crippen LogP contribution in [0.1, 0.15) is 17.3 Å². The lowest BCUT2D eigenvalue weighted by atomic mass is 10.2. The molecule has 0 spiro atoms. The van der Waals surface area contributed by atoms with Crippen LogP contribution < -0.4 is 4.72 Å². The van der Waals surface area contributed by atoms with Crippen LogP contribution in [0.25, 0.3) is 0 Å². The van der Waals surface area contributed by atoms with E-state index in [2.05, 4.69) is 4.72 Å². The average Bonchev–Trinajstić information content (AvgIpc) is 2.62. The van der Waals surface area contributed by atoms with Gasteiger partial charge in [-0.15, -0.1) is 0 Å². The lowest BCUT2D eigenvalue weighted by Gasteiger charge is -2.17. The topological polar surface area (TPSA) is 92.8 Å². The number of rotatable bonds is 6. The van der Waals surface area contributed by atoms with Gasteiger partial charge in [-0.05, 0) is 55.5 Å². The van der Waals surface area contributed by atoms with Gasteiger partial charge in [0.15, 0.2) is 6.10 Å². The second-order valence-electron chi connectivity index (χ2n) is 5.92. The Bertz CT molecular complexity index is 925. The molecule has 144 valence electrons. The molecule has 0 bridgehead atoms. The first-order valence-corrected chi connectivity index (χ1v) is 9.77. The maximum Gasteiger partial charge on any atom is 0.338 e. The second-order valence-corrected chi connectivity index (χ2v) is 8.04. The van der Waals surface area contributed by atoms with Gasteiger partial charge in [0.1, 0.15) is 0 Å². The molecule has 1 amide bonds. The van der Waals surface area contributed by atoms with E-state index in [1.165, 1.54) is 48.2 Å². The molecule has 7 nitrogen and oxygen atoms in total. The van der Waals surface area contributed by atoms with Crippen molar-refractivity contribution in [3.63, 3.8) is 0 Å². The van der Waals surface area contributed by atoms with E-state index in [0.717, 1.165) is 0 Å². The monoisotopic (exact) mass is 410 g/mol. The Kier molecular flexibility index (Phi) is 6.45. The molecule has 27 heavy (non-hydrogen) atoms. The summed E-state index contributed by atoms with van der Waals surface area (Å²) in [6, 6.07) is 11.4. The summed E-state index contributed by atoms with van der Waals surface area (Å²) in [6.45, 7) is 1.47. The Balaban J connectivity index is 2.10. The van der Waals surface area contributed by atoms with Crippen LogP contribution in [-0.2, 0) is 19.6 Å². The number of carbonyl (C=O) groups is 2. The average molecular weight is 411 g/mol. The number of nitrogens with one attached hydrogen (secondary N) is 1. The van der Waals surface area contributed by atoms with Crippen LogP contribution in [0.3, 0.4) is 0 Å². The number of esters is 1. The Morgan fingerprint density at radius 2 is 1.59 bits per heavy atom. The maximum absolute atomic E-state index is 12.4. The van der Waals surface area contributed by atoms with Gasteiger partial charge in [-0.2, -0.15) is 0 Å². The van der Waals surface area contributed by atoms with Crippen LogP contribution in [0, 0.1) is 0 Å². The van der Waals surface area contributed by atoms with Crippen LogP contribution >= 0.6 is 11.6 Å². The molecule has 0 fully saturated rings. The van der Waals surface area contributed by atoms with Crippen molar-refractivity contribution in [1.82, 2.24) is 4.90 Å². The van der Waals surface area contributed by atoms with Gasteiger partial charge in [-0.25, -0.2) is 13.2 Å². The molecular weight excluding hydrogens is 392 g/mol. The molecule has 2 rings (SSSR count). The molecule has 0 aliphatic carbocycles. The summed E-state index contributed by atoms with van der Waals surface area (Å²) in [5.74, 6) is -1.07. The number of ether oxygens (including phenoxy) is 1. The highest BCUT2D eigenvalue weighted by Crippen LogP contribution is 2.19. The third-order valence-electron chi connectivity index (χ3n) is 3.57. The zero-order chi connectivity index (χ0) is 20.2. The van der Waals surface area contributed by atoms with E-state index < -0.39 is 22.1 Å². The fourth-order valence-corrected chi connectivity index (χ4v) is 3.33. The van der Waals surface area contributed by atoms with E-state index in [-0.39, 0.29) is 16.4 Å². The SMILES string of the molecule is C[C@@H](OC(=O)c1ccc(S(=O)(=O)Nc2ccc(Cl)cc2)cc1)C(=O)N(C)C. The van der Waals surface area contributed by atoms with Gasteiger partial charge in [-0.1, -0.05) is 11.6 Å². The Morgan fingerprint density at radius 1 is 1.04 bits per heavy atom. The smallest absolute Gasteiger partial charge is 0.338 e. The first kappa shape index (κ1) is 20.7. The lowest BCUT2D eigenvalue weighted by molar-refractivity contribution is -0.137. The molecule has 0 aliphatic heterocycles. The van der Waals surface area contributed by atoms with Crippen molar-refractivity contribution < 1.29 is 22.7 Å². The highest BCUT2D eigenvalue weighted by atomic mass is 35.5. The quantitative estimate of drug-likeness (QED) is 0.739. The van der Waals surface area contributed by atoms with Crippen LogP contribution in [0.2, 0.25) is 5.02 Å². The van der Waals surface area contributed by atoms with E-state index in [0.29, 0.717) is 10.7 Å². The molecule has 0 aromatic heterocycles. The number of hydrogen-bond acceptors (Lipinski definition) is 5. The third kappa shape index (κ3) is 5.45. The molecule has 0 saturated heterocycles. The summed E-state index contributed by atoms with van der Waals surface area (Å²) >= 11 is 5.77. The summed E-state index contributed by atoms with van der Waals surface area (Å²) in [5, 5.41) is 0.489. The minimum absolute atomic E-state index is 0.0218. The molecular formula is C18H19ClN2O5S. The Labute approximate surface area is 162 Å². The van der Waals surface area contributed by atoms with Crippen molar-refractivity contribution >= 4 is 39.2 Å². The molecule has 0 saturated carbocycles. The largest absolute Gasteiger partial charge is 0.449 e. The fraction of sp³-hybridized carbons (Fsp3) is 0.222. The summed E-state index contributed by atoms with van der Waals surface area (Å²) in [4.78, 5) is 25.1. The predicted molar refractivity (Wildman–Crippen MR) is 102 cm³/mol. The van der Waals surface area contributed by atoms with Crippen LogP contribution in [0.4, 0.5) is 5.69 Å². The first-order chi connectivity index (χ1) is 12.6. The zero-order valence-corrected chi connectivity index (χ0v) is 16.5. The third-order valence-corrected chi connectivity index (χ3v) is 5.22. The van der Waals surface area contributed by atoms with Gasteiger partial charge in [0.05, 0.1) is 10.5 Å². The number of halogens is 1. The minimum atomic E-state index is -3.82. The summed E-state index contributed by atoms with van der Waals surface area (Å²) in [5.41, 5.74) is 0.498. The number of likely N-dealkylation sites (N-methyl/N-ethyl adjacent to an activating group) is 1. The highest BCUT2D eigenvalue weighted by molar-refractivity contribution is 7.92. The van der Waals surface area contributed by atoms with Crippen molar-refractivity contribution in [2.24, 2.45) is 0 Å². The molecule has 1 N–H and O–H groups in total. The number of sulfonamides is 1. The van der Waals surface area contributed by atoms with Crippen LogP contribution in [0.5, 0.6) is 0 Å². The minimum Gasteiger partial charge on any atom is -0.449 e. The van der Waals surface area contributed by atoms with Gasteiger partial charge in [0.2, 0.25) is 0 Å². The molecule has 2 aromatic rings. The number of anilines is 1.